The Bertz CT molecular complexity index is 1130. The number of hydrogen-bond donors (Lipinski definition) is 1. The summed E-state index contributed by atoms with van der Waals surface area (Å²) in [6.45, 7) is 0. The van der Waals surface area contributed by atoms with Crippen LogP contribution in [0.4, 0.5) is 5.69 Å². The maximum atomic E-state index is 11.2. The van der Waals surface area contributed by atoms with Crippen LogP contribution in [-0.2, 0) is 0 Å². The molecule has 0 radical (unpaired) electrons. The molecule has 1 heterocycles. The van der Waals surface area contributed by atoms with Crippen LogP contribution in [0.1, 0.15) is 17.0 Å². The summed E-state index contributed by atoms with van der Waals surface area (Å²) in [4.78, 5) is 10.7. The fourth-order valence-electron chi connectivity index (χ4n) is 3.35. The number of benzene rings is 3. The highest BCUT2D eigenvalue weighted by molar-refractivity contribution is 5.90. The molecular weight excluding hydrogens is 330 g/mol. The van der Waals surface area contributed by atoms with Crippen LogP contribution >= 0.6 is 0 Å². The van der Waals surface area contributed by atoms with Crippen LogP contribution in [0, 0.1) is 21.4 Å². The third-order valence-electron chi connectivity index (χ3n) is 4.52. The van der Waals surface area contributed by atoms with Crippen LogP contribution in [0.2, 0.25) is 0 Å². The zero-order valence-electron chi connectivity index (χ0n) is 13.5. The second-order valence-corrected chi connectivity index (χ2v) is 5.98. The molecule has 0 saturated carbocycles. The lowest BCUT2D eigenvalue weighted by atomic mass is 9.82. The number of nitrogens with two attached hydrogens (primary N) is 1. The number of allylic oxidation sites excluding steroid dienone is 1. The number of non-ortho nitro benzene ring substituents is 1. The van der Waals surface area contributed by atoms with Gasteiger partial charge in [0, 0.05) is 23.1 Å². The maximum absolute atomic E-state index is 11.2. The van der Waals surface area contributed by atoms with Crippen molar-refractivity contribution in [3.63, 3.8) is 0 Å². The Morgan fingerprint density at radius 2 is 1.92 bits per heavy atom. The van der Waals surface area contributed by atoms with Crippen molar-refractivity contribution >= 4 is 16.5 Å². The number of nitro benzene ring substituents is 1. The molecular formula is C20H13N3O3. The van der Waals surface area contributed by atoms with E-state index in [4.69, 9.17) is 10.5 Å². The largest absolute Gasteiger partial charge is 0.440 e. The third-order valence-corrected chi connectivity index (χ3v) is 4.52. The Labute approximate surface area is 148 Å². The van der Waals surface area contributed by atoms with E-state index in [-0.39, 0.29) is 17.1 Å². The summed E-state index contributed by atoms with van der Waals surface area (Å²) in [6.07, 6.45) is 0. The Hall–Kier alpha value is -3.85. The lowest BCUT2D eigenvalue weighted by molar-refractivity contribution is -0.384. The first-order chi connectivity index (χ1) is 12.6. The van der Waals surface area contributed by atoms with Gasteiger partial charge in [0.15, 0.2) is 0 Å². The lowest BCUT2D eigenvalue weighted by Gasteiger charge is -2.27. The summed E-state index contributed by atoms with van der Waals surface area (Å²) >= 11 is 0. The second kappa shape index (κ2) is 5.90. The van der Waals surface area contributed by atoms with Crippen LogP contribution in [-0.4, -0.2) is 4.92 Å². The molecule has 6 heteroatoms. The van der Waals surface area contributed by atoms with Crippen LogP contribution in [0.15, 0.2) is 72.1 Å². The van der Waals surface area contributed by atoms with E-state index in [1.807, 2.05) is 36.4 Å². The van der Waals surface area contributed by atoms with Crippen molar-refractivity contribution in [2.45, 2.75) is 5.92 Å². The zero-order valence-corrected chi connectivity index (χ0v) is 13.5. The number of nitrogens with zero attached hydrogens (tertiary/aromatic N) is 2. The SMILES string of the molecule is N#CC1=C(N)Oc2c(ccc3ccccc23)[C@H]1c1cccc([N+](=O)[O-])c1. The molecule has 0 unspecified atom stereocenters. The van der Waals surface area contributed by atoms with Gasteiger partial charge in [0.2, 0.25) is 5.88 Å². The normalized spacial score (nSPS) is 15.9. The minimum absolute atomic E-state index is 0.0212. The molecule has 0 saturated heterocycles. The van der Waals surface area contributed by atoms with E-state index >= 15 is 0 Å². The monoisotopic (exact) mass is 343 g/mol. The molecule has 0 amide bonds. The molecule has 3 aromatic carbocycles. The predicted molar refractivity (Wildman–Crippen MR) is 96.3 cm³/mol. The first-order valence-electron chi connectivity index (χ1n) is 7.93. The minimum Gasteiger partial charge on any atom is -0.440 e. The van der Waals surface area contributed by atoms with Crippen LogP contribution in [0.3, 0.4) is 0 Å². The van der Waals surface area contributed by atoms with Gasteiger partial charge in [-0.2, -0.15) is 5.26 Å². The van der Waals surface area contributed by atoms with Crippen molar-refractivity contribution in [3.8, 4) is 11.8 Å². The molecule has 6 nitrogen and oxygen atoms in total. The van der Waals surface area contributed by atoms with Crippen molar-refractivity contribution in [3.05, 3.63) is 93.4 Å². The molecule has 2 N–H and O–H groups in total. The molecule has 126 valence electrons. The van der Waals surface area contributed by atoms with Crippen molar-refractivity contribution in [2.24, 2.45) is 5.73 Å². The quantitative estimate of drug-likeness (QED) is 0.560. The fraction of sp³-hybridized carbons (Fsp3) is 0.0500. The van der Waals surface area contributed by atoms with E-state index in [1.165, 1.54) is 12.1 Å². The molecule has 1 aliphatic rings. The highest BCUT2D eigenvalue weighted by Crippen LogP contribution is 2.45. The lowest BCUT2D eigenvalue weighted by Crippen LogP contribution is -2.21. The summed E-state index contributed by atoms with van der Waals surface area (Å²) in [6, 6.07) is 19.9. The third kappa shape index (κ3) is 2.34. The van der Waals surface area contributed by atoms with Gasteiger partial charge in [-0.1, -0.05) is 48.5 Å². The van der Waals surface area contributed by atoms with Crippen molar-refractivity contribution in [2.75, 3.05) is 0 Å². The molecule has 0 aliphatic carbocycles. The molecule has 26 heavy (non-hydrogen) atoms. The first kappa shape index (κ1) is 15.7. The number of ether oxygens (including phenoxy) is 1. The van der Waals surface area contributed by atoms with Crippen LogP contribution in [0.25, 0.3) is 10.8 Å². The van der Waals surface area contributed by atoms with E-state index < -0.39 is 10.8 Å². The zero-order chi connectivity index (χ0) is 18.3. The van der Waals surface area contributed by atoms with Crippen molar-refractivity contribution in [1.29, 1.82) is 5.26 Å². The average Bonchev–Trinajstić information content (AvgIpc) is 2.67. The van der Waals surface area contributed by atoms with Crippen molar-refractivity contribution < 1.29 is 9.66 Å². The van der Waals surface area contributed by atoms with Gasteiger partial charge in [-0.05, 0) is 10.9 Å². The van der Waals surface area contributed by atoms with E-state index in [9.17, 15) is 15.4 Å². The fourth-order valence-corrected chi connectivity index (χ4v) is 3.35. The topological polar surface area (TPSA) is 102 Å². The number of nitriles is 1. The van der Waals surface area contributed by atoms with Gasteiger partial charge in [0.05, 0.1) is 10.8 Å². The van der Waals surface area contributed by atoms with Gasteiger partial charge in [-0.3, -0.25) is 10.1 Å². The van der Waals surface area contributed by atoms with E-state index in [1.54, 1.807) is 12.1 Å². The summed E-state index contributed by atoms with van der Waals surface area (Å²) in [5, 5.41) is 22.6. The molecule has 0 fully saturated rings. The maximum Gasteiger partial charge on any atom is 0.269 e. The average molecular weight is 343 g/mol. The van der Waals surface area contributed by atoms with E-state index in [0.29, 0.717) is 11.3 Å². The Balaban J connectivity index is 2.00. The van der Waals surface area contributed by atoms with Crippen molar-refractivity contribution in [1.82, 2.24) is 0 Å². The van der Waals surface area contributed by atoms with Gasteiger partial charge >= 0.3 is 0 Å². The molecule has 0 aromatic heterocycles. The Morgan fingerprint density at radius 1 is 1.12 bits per heavy atom. The summed E-state index contributed by atoms with van der Waals surface area (Å²) in [5.74, 6) is 0.0808. The van der Waals surface area contributed by atoms with E-state index in [0.717, 1.165) is 16.3 Å². The van der Waals surface area contributed by atoms with Gasteiger partial charge in [-0.25, -0.2) is 0 Å². The summed E-state index contributed by atoms with van der Waals surface area (Å²) in [5.41, 5.74) is 7.61. The van der Waals surface area contributed by atoms with E-state index in [2.05, 4.69) is 6.07 Å². The molecule has 0 spiro atoms. The molecule has 0 bridgehead atoms. The molecule has 3 aromatic rings. The Kier molecular flexibility index (Phi) is 3.55. The highest BCUT2D eigenvalue weighted by atomic mass is 16.6. The number of nitro groups is 1. The molecule has 4 rings (SSSR count). The standard InChI is InChI=1S/C20H13N3O3/c21-11-17-18(13-5-3-6-14(10-13)23(24)25)16-9-8-12-4-1-2-7-15(12)19(16)26-20(17)22/h1-10,18H,22H2/t18-/m1/s1. The Morgan fingerprint density at radius 3 is 2.69 bits per heavy atom. The van der Waals surface area contributed by atoms with Gasteiger partial charge in [-0.15, -0.1) is 0 Å². The molecule has 1 aliphatic heterocycles. The smallest absolute Gasteiger partial charge is 0.269 e. The molecule has 1 atom stereocenters. The summed E-state index contributed by atoms with van der Waals surface area (Å²) in [7, 11) is 0. The van der Waals surface area contributed by atoms with Gasteiger partial charge in [0.25, 0.3) is 5.69 Å². The van der Waals surface area contributed by atoms with Gasteiger partial charge in [0.1, 0.15) is 17.4 Å². The summed E-state index contributed by atoms with van der Waals surface area (Å²) < 4.78 is 5.78. The number of hydrogen-bond acceptors (Lipinski definition) is 5. The minimum atomic E-state index is -0.520. The van der Waals surface area contributed by atoms with Gasteiger partial charge < -0.3 is 10.5 Å². The predicted octanol–water partition coefficient (Wildman–Crippen LogP) is 3.97. The number of fused-ring (bicyclic) bond motifs is 3. The first-order valence-corrected chi connectivity index (χ1v) is 7.93. The highest BCUT2D eigenvalue weighted by Gasteiger charge is 2.32. The number of rotatable bonds is 2. The van der Waals surface area contributed by atoms with Crippen LogP contribution in [0.5, 0.6) is 5.75 Å². The second-order valence-electron chi connectivity index (χ2n) is 5.98. The van der Waals surface area contributed by atoms with Crippen LogP contribution < -0.4 is 10.5 Å².